The molecule has 0 bridgehead atoms. The number of thiophene rings is 1. The largest absolute Gasteiger partial charge is 0.353 e. The van der Waals surface area contributed by atoms with Crippen LogP contribution in [-0.4, -0.2) is 10.9 Å². The van der Waals surface area contributed by atoms with E-state index in [9.17, 15) is 4.79 Å². The maximum absolute atomic E-state index is 12.8. The van der Waals surface area contributed by atoms with E-state index in [4.69, 9.17) is 0 Å². The third-order valence-corrected chi connectivity index (χ3v) is 7.26. The Morgan fingerprint density at radius 1 is 1.36 bits per heavy atom. The van der Waals surface area contributed by atoms with Crippen molar-refractivity contribution in [3.8, 4) is 0 Å². The molecule has 0 saturated carbocycles. The van der Waals surface area contributed by atoms with Crippen LogP contribution in [-0.2, 0) is 12.8 Å². The molecule has 1 amide bonds. The number of hydrogen-bond donors (Lipinski definition) is 2. The molecule has 0 spiro atoms. The van der Waals surface area contributed by atoms with Crippen molar-refractivity contribution in [2.24, 2.45) is 11.3 Å². The number of rotatable bonds is 3. The lowest BCUT2D eigenvalue weighted by molar-refractivity contribution is 0.0934. The zero-order valence-electron chi connectivity index (χ0n) is 15.1. The zero-order valence-corrected chi connectivity index (χ0v) is 15.9. The van der Waals surface area contributed by atoms with Gasteiger partial charge in [-0.3, -0.25) is 9.78 Å². The van der Waals surface area contributed by atoms with E-state index in [0.717, 1.165) is 29.0 Å². The minimum atomic E-state index is -0.198. The third kappa shape index (κ3) is 2.84. The molecule has 0 aromatic carbocycles. The lowest BCUT2D eigenvalue weighted by Gasteiger charge is -2.36. The SMILES string of the molecule is CCC(C)(C)[C@@H]1CCc2c(sc3c2C(=O)N[C@H](c2cccnc2)N3)C1. The average Bonchev–Trinajstić information content (AvgIpc) is 3.00. The monoisotopic (exact) mass is 355 g/mol. The van der Waals surface area contributed by atoms with Crippen LogP contribution in [0.1, 0.15) is 66.1 Å². The van der Waals surface area contributed by atoms with Gasteiger partial charge in [-0.05, 0) is 42.2 Å². The summed E-state index contributed by atoms with van der Waals surface area (Å²) in [5.41, 5.74) is 3.50. The molecule has 1 aliphatic carbocycles. The van der Waals surface area contributed by atoms with Gasteiger partial charge < -0.3 is 10.6 Å². The molecule has 2 aliphatic rings. The molecule has 2 aromatic heterocycles. The Kier molecular flexibility index (Phi) is 4.07. The Morgan fingerprint density at radius 3 is 2.92 bits per heavy atom. The number of nitrogens with one attached hydrogen (secondary N) is 2. The number of nitrogens with zero attached hydrogens (tertiary/aromatic N) is 1. The van der Waals surface area contributed by atoms with Crippen LogP contribution in [0.5, 0.6) is 0 Å². The molecule has 2 aromatic rings. The topological polar surface area (TPSA) is 54.0 Å². The molecule has 4 nitrogen and oxygen atoms in total. The second-order valence-electron chi connectivity index (χ2n) is 7.83. The summed E-state index contributed by atoms with van der Waals surface area (Å²) in [6.45, 7) is 7.03. The highest BCUT2D eigenvalue weighted by atomic mass is 32.1. The van der Waals surface area contributed by atoms with E-state index in [1.54, 1.807) is 23.7 Å². The Labute approximate surface area is 153 Å². The Morgan fingerprint density at radius 2 is 2.20 bits per heavy atom. The summed E-state index contributed by atoms with van der Waals surface area (Å²) in [7, 11) is 0. The van der Waals surface area contributed by atoms with Crippen molar-refractivity contribution in [3.05, 3.63) is 46.1 Å². The number of aromatic nitrogens is 1. The highest BCUT2D eigenvalue weighted by Gasteiger charge is 2.37. The number of carbonyl (C=O) groups excluding carboxylic acids is 1. The number of amides is 1. The summed E-state index contributed by atoms with van der Waals surface area (Å²) in [5.74, 6) is 0.746. The highest BCUT2D eigenvalue weighted by molar-refractivity contribution is 7.16. The molecule has 25 heavy (non-hydrogen) atoms. The van der Waals surface area contributed by atoms with Crippen LogP contribution in [0.25, 0.3) is 0 Å². The molecule has 0 saturated heterocycles. The van der Waals surface area contributed by atoms with Crippen molar-refractivity contribution in [1.82, 2.24) is 10.3 Å². The first-order valence-electron chi connectivity index (χ1n) is 9.11. The van der Waals surface area contributed by atoms with Gasteiger partial charge in [0.05, 0.1) is 5.56 Å². The van der Waals surface area contributed by atoms with Crippen molar-refractivity contribution < 1.29 is 4.79 Å². The maximum atomic E-state index is 12.8. The molecule has 1 aliphatic heterocycles. The minimum absolute atomic E-state index is 0.0494. The molecule has 132 valence electrons. The van der Waals surface area contributed by atoms with Crippen LogP contribution >= 0.6 is 11.3 Å². The van der Waals surface area contributed by atoms with Crippen LogP contribution in [0.15, 0.2) is 24.5 Å². The molecule has 2 N–H and O–H groups in total. The van der Waals surface area contributed by atoms with Gasteiger partial charge in [-0.15, -0.1) is 11.3 Å². The highest BCUT2D eigenvalue weighted by Crippen LogP contribution is 2.46. The lowest BCUT2D eigenvalue weighted by Crippen LogP contribution is -2.38. The number of hydrogen-bond acceptors (Lipinski definition) is 4. The normalized spacial score (nSPS) is 22.6. The van der Waals surface area contributed by atoms with Gasteiger partial charge in [0, 0.05) is 22.8 Å². The van der Waals surface area contributed by atoms with E-state index in [1.165, 1.54) is 23.3 Å². The van der Waals surface area contributed by atoms with E-state index >= 15 is 0 Å². The molecule has 5 heteroatoms. The van der Waals surface area contributed by atoms with Gasteiger partial charge >= 0.3 is 0 Å². The zero-order chi connectivity index (χ0) is 17.6. The molecular formula is C20H25N3OS. The van der Waals surface area contributed by atoms with Crippen molar-refractivity contribution in [3.63, 3.8) is 0 Å². The van der Waals surface area contributed by atoms with E-state index in [0.29, 0.717) is 11.3 Å². The van der Waals surface area contributed by atoms with Gasteiger partial charge in [-0.25, -0.2) is 0 Å². The fraction of sp³-hybridized carbons (Fsp3) is 0.500. The summed E-state index contributed by atoms with van der Waals surface area (Å²) in [4.78, 5) is 18.3. The lowest BCUT2D eigenvalue weighted by atomic mass is 9.69. The number of anilines is 1. The van der Waals surface area contributed by atoms with E-state index in [2.05, 4.69) is 36.4 Å². The van der Waals surface area contributed by atoms with Crippen molar-refractivity contribution >= 4 is 22.2 Å². The molecule has 3 heterocycles. The van der Waals surface area contributed by atoms with Crippen LogP contribution in [0.3, 0.4) is 0 Å². The maximum Gasteiger partial charge on any atom is 0.256 e. The molecule has 0 unspecified atom stereocenters. The molecule has 4 rings (SSSR count). The van der Waals surface area contributed by atoms with Crippen LogP contribution < -0.4 is 10.6 Å². The third-order valence-electron chi connectivity index (χ3n) is 6.08. The van der Waals surface area contributed by atoms with Crippen LogP contribution in [0.4, 0.5) is 5.00 Å². The number of carbonyl (C=O) groups is 1. The summed E-state index contributed by atoms with van der Waals surface area (Å²) >= 11 is 1.78. The van der Waals surface area contributed by atoms with Gasteiger partial charge in [0.15, 0.2) is 0 Å². The van der Waals surface area contributed by atoms with Gasteiger partial charge in [-0.2, -0.15) is 0 Å². The molecule has 0 fully saturated rings. The smallest absolute Gasteiger partial charge is 0.256 e. The quantitative estimate of drug-likeness (QED) is 0.850. The van der Waals surface area contributed by atoms with Gasteiger partial charge in [0.1, 0.15) is 11.2 Å². The number of pyridine rings is 1. The number of fused-ring (bicyclic) bond motifs is 3. The first-order chi connectivity index (χ1) is 12.0. The second kappa shape index (κ2) is 6.13. The van der Waals surface area contributed by atoms with Crippen molar-refractivity contribution in [2.45, 2.75) is 52.6 Å². The van der Waals surface area contributed by atoms with Gasteiger partial charge in [0.25, 0.3) is 5.91 Å². The Balaban J connectivity index is 1.64. The average molecular weight is 356 g/mol. The van der Waals surface area contributed by atoms with E-state index < -0.39 is 0 Å². The summed E-state index contributed by atoms with van der Waals surface area (Å²) < 4.78 is 0. The summed E-state index contributed by atoms with van der Waals surface area (Å²) in [5, 5.41) is 7.63. The Hall–Kier alpha value is -1.88. The van der Waals surface area contributed by atoms with E-state index in [-0.39, 0.29) is 12.1 Å². The first-order valence-corrected chi connectivity index (χ1v) is 9.93. The molecule has 0 radical (unpaired) electrons. The predicted molar refractivity (Wildman–Crippen MR) is 102 cm³/mol. The molecule has 2 atom stereocenters. The summed E-state index contributed by atoms with van der Waals surface area (Å²) in [6, 6.07) is 3.89. The van der Waals surface area contributed by atoms with Crippen LogP contribution in [0, 0.1) is 11.3 Å². The van der Waals surface area contributed by atoms with Crippen LogP contribution in [0.2, 0.25) is 0 Å². The molecular weight excluding hydrogens is 330 g/mol. The fourth-order valence-electron chi connectivity index (χ4n) is 3.97. The van der Waals surface area contributed by atoms with E-state index in [1.807, 2.05) is 12.1 Å². The van der Waals surface area contributed by atoms with Gasteiger partial charge in [-0.1, -0.05) is 33.3 Å². The predicted octanol–water partition coefficient (Wildman–Crippen LogP) is 4.54. The van der Waals surface area contributed by atoms with Crippen molar-refractivity contribution in [1.29, 1.82) is 0 Å². The van der Waals surface area contributed by atoms with Gasteiger partial charge in [0.2, 0.25) is 0 Å². The standard InChI is InChI=1S/C20H25N3OS/c1-4-20(2,3)13-7-8-14-15(10-13)25-19-16(14)18(24)22-17(23-19)12-6-5-9-21-11-12/h5-6,9,11,13,17,23H,4,7-8,10H2,1-3H3,(H,22,24)/t13-,17+/m1/s1. The minimum Gasteiger partial charge on any atom is -0.353 e. The fourth-order valence-corrected chi connectivity index (χ4v) is 5.32. The Bertz CT molecular complexity index is 797. The second-order valence-corrected chi connectivity index (χ2v) is 8.93. The summed E-state index contributed by atoms with van der Waals surface area (Å²) in [6.07, 6.45) is 7.84. The first kappa shape index (κ1) is 16.6. The van der Waals surface area contributed by atoms with Crippen molar-refractivity contribution in [2.75, 3.05) is 5.32 Å².